The minimum atomic E-state index is -0.277. The highest BCUT2D eigenvalue weighted by atomic mass is 32.1. The van der Waals surface area contributed by atoms with Gasteiger partial charge in [0.2, 0.25) is 5.91 Å². The van der Waals surface area contributed by atoms with E-state index in [4.69, 9.17) is 4.52 Å². The van der Waals surface area contributed by atoms with E-state index in [2.05, 4.69) is 20.8 Å². The van der Waals surface area contributed by atoms with E-state index in [0.29, 0.717) is 39.4 Å². The molecule has 0 bridgehead atoms. The number of fused-ring (bicyclic) bond motifs is 1. The van der Waals surface area contributed by atoms with Gasteiger partial charge in [-0.15, -0.1) is 11.3 Å². The zero-order chi connectivity index (χ0) is 20.7. The van der Waals surface area contributed by atoms with Crippen LogP contribution < -0.4 is 10.6 Å². The number of hydrogen-bond donors (Lipinski definition) is 2. The first-order chi connectivity index (χ1) is 14.6. The number of nitrogens with zero attached hydrogens (tertiary/aromatic N) is 2. The Morgan fingerprint density at radius 3 is 2.50 bits per heavy atom. The summed E-state index contributed by atoms with van der Waals surface area (Å²) in [7, 11) is 0. The Kier molecular flexibility index (Phi) is 4.55. The first kappa shape index (κ1) is 18.5. The molecule has 8 heteroatoms. The van der Waals surface area contributed by atoms with Crippen LogP contribution in [0.5, 0.6) is 0 Å². The predicted molar refractivity (Wildman–Crippen MR) is 116 cm³/mol. The van der Waals surface area contributed by atoms with Crippen LogP contribution in [-0.4, -0.2) is 22.0 Å². The lowest BCUT2D eigenvalue weighted by Crippen LogP contribution is -2.14. The lowest BCUT2D eigenvalue weighted by Gasteiger charge is -2.09. The number of aromatic nitrogens is 2. The van der Waals surface area contributed by atoms with Gasteiger partial charge >= 0.3 is 0 Å². The van der Waals surface area contributed by atoms with E-state index in [0.717, 1.165) is 17.7 Å². The first-order valence-corrected chi connectivity index (χ1v) is 10.5. The molecule has 0 spiro atoms. The third-order valence-electron chi connectivity index (χ3n) is 4.99. The van der Waals surface area contributed by atoms with Crippen LogP contribution >= 0.6 is 11.3 Å². The number of benzene rings is 1. The first-order valence-electron chi connectivity index (χ1n) is 9.61. The Hall–Kier alpha value is -3.52. The third kappa shape index (κ3) is 3.57. The zero-order valence-corrected chi connectivity index (χ0v) is 17.0. The predicted octanol–water partition coefficient (Wildman–Crippen LogP) is 4.86. The fraction of sp³-hybridized carbons (Fsp3) is 0.182. The van der Waals surface area contributed by atoms with E-state index in [1.165, 1.54) is 11.3 Å². The van der Waals surface area contributed by atoms with Crippen molar-refractivity contribution in [3.8, 4) is 10.6 Å². The average molecular weight is 418 g/mol. The zero-order valence-electron chi connectivity index (χ0n) is 16.1. The Bertz CT molecular complexity index is 1240. The molecular formula is C22H18N4O3S. The molecule has 2 N–H and O–H groups in total. The summed E-state index contributed by atoms with van der Waals surface area (Å²) in [6, 6.07) is 12.7. The van der Waals surface area contributed by atoms with Crippen molar-refractivity contribution >= 4 is 45.6 Å². The fourth-order valence-corrected chi connectivity index (χ4v) is 3.94. The van der Waals surface area contributed by atoms with Gasteiger partial charge in [0.25, 0.3) is 11.6 Å². The van der Waals surface area contributed by atoms with E-state index < -0.39 is 0 Å². The van der Waals surface area contributed by atoms with Crippen LogP contribution in [0.4, 0.5) is 11.4 Å². The molecule has 1 aliphatic carbocycles. The van der Waals surface area contributed by atoms with Crippen molar-refractivity contribution in [2.75, 3.05) is 10.6 Å². The molecule has 1 saturated carbocycles. The number of carbonyl (C=O) groups is 2. The summed E-state index contributed by atoms with van der Waals surface area (Å²) in [6.45, 7) is 1.78. The lowest BCUT2D eigenvalue weighted by atomic mass is 10.1. The smallest absolute Gasteiger partial charge is 0.259 e. The second-order valence-corrected chi connectivity index (χ2v) is 8.22. The van der Waals surface area contributed by atoms with Crippen LogP contribution in [0.15, 0.2) is 52.4 Å². The molecule has 0 aliphatic heterocycles. The molecule has 3 aromatic heterocycles. The number of aryl methyl sites for hydroxylation is 1. The van der Waals surface area contributed by atoms with E-state index in [9.17, 15) is 9.59 Å². The summed E-state index contributed by atoms with van der Waals surface area (Å²) in [4.78, 5) is 30.4. The molecule has 150 valence electrons. The van der Waals surface area contributed by atoms with Crippen molar-refractivity contribution in [2.45, 2.75) is 19.8 Å². The van der Waals surface area contributed by atoms with Crippen LogP contribution in [0.3, 0.4) is 0 Å². The van der Waals surface area contributed by atoms with Gasteiger partial charge in [0.1, 0.15) is 0 Å². The largest absolute Gasteiger partial charge is 0.335 e. The van der Waals surface area contributed by atoms with Gasteiger partial charge in [-0.25, -0.2) is 4.98 Å². The van der Waals surface area contributed by atoms with Crippen LogP contribution in [-0.2, 0) is 4.79 Å². The Morgan fingerprint density at radius 2 is 1.83 bits per heavy atom. The topological polar surface area (TPSA) is 97.1 Å². The van der Waals surface area contributed by atoms with Crippen molar-refractivity contribution in [1.29, 1.82) is 0 Å². The number of nitrogens with one attached hydrogen (secondary N) is 2. The molecular weight excluding hydrogens is 400 g/mol. The lowest BCUT2D eigenvalue weighted by molar-refractivity contribution is -0.117. The maximum atomic E-state index is 13.1. The summed E-state index contributed by atoms with van der Waals surface area (Å²) in [6.07, 6.45) is 1.91. The van der Waals surface area contributed by atoms with Gasteiger partial charge in [-0.05, 0) is 61.5 Å². The molecule has 1 aromatic carbocycles. The van der Waals surface area contributed by atoms with Crippen molar-refractivity contribution in [3.63, 3.8) is 0 Å². The van der Waals surface area contributed by atoms with Crippen LogP contribution in [0.2, 0.25) is 0 Å². The summed E-state index contributed by atoms with van der Waals surface area (Å²) in [5, 5.41) is 12.3. The number of carbonyl (C=O) groups excluding carboxylic acids is 2. The summed E-state index contributed by atoms with van der Waals surface area (Å²) < 4.78 is 5.33. The number of hydrogen-bond acceptors (Lipinski definition) is 6. The quantitative estimate of drug-likeness (QED) is 0.482. The Balaban J connectivity index is 1.41. The summed E-state index contributed by atoms with van der Waals surface area (Å²) >= 11 is 1.54. The second-order valence-electron chi connectivity index (χ2n) is 7.28. The second kappa shape index (κ2) is 7.38. The monoisotopic (exact) mass is 418 g/mol. The molecule has 2 amide bonds. The van der Waals surface area contributed by atoms with Gasteiger partial charge in [-0.1, -0.05) is 11.2 Å². The summed E-state index contributed by atoms with van der Waals surface area (Å²) in [5.41, 5.74) is 3.40. The molecule has 0 radical (unpaired) electrons. The van der Waals surface area contributed by atoms with E-state index in [1.54, 1.807) is 37.3 Å². The summed E-state index contributed by atoms with van der Waals surface area (Å²) in [5.74, 6) is -0.0842. The minimum Gasteiger partial charge on any atom is -0.335 e. The van der Waals surface area contributed by atoms with Crippen molar-refractivity contribution < 1.29 is 14.1 Å². The number of amides is 2. The molecule has 30 heavy (non-hydrogen) atoms. The highest BCUT2D eigenvalue weighted by Gasteiger charge is 2.29. The fourth-order valence-electron chi connectivity index (χ4n) is 3.25. The average Bonchev–Trinajstić information content (AvgIpc) is 3.33. The van der Waals surface area contributed by atoms with Crippen LogP contribution in [0.1, 0.15) is 28.9 Å². The molecule has 1 aliphatic rings. The van der Waals surface area contributed by atoms with Crippen molar-refractivity contribution in [1.82, 2.24) is 10.1 Å². The van der Waals surface area contributed by atoms with E-state index in [1.807, 2.05) is 17.5 Å². The Morgan fingerprint density at radius 1 is 1.10 bits per heavy atom. The molecule has 4 aromatic rings. The molecule has 5 rings (SSSR count). The third-order valence-corrected chi connectivity index (χ3v) is 5.89. The van der Waals surface area contributed by atoms with Gasteiger partial charge in [0.15, 0.2) is 0 Å². The Labute approximate surface area is 176 Å². The SMILES string of the molecule is Cc1noc2nc(-c3cccs3)cc(C(=O)Nc3ccc(NC(=O)C4CC4)cc3)c12. The molecule has 0 saturated heterocycles. The van der Waals surface area contributed by atoms with E-state index in [-0.39, 0.29) is 17.7 Å². The standard InChI is InChI=1S/C22H18N4O3S/c1-12-19-16(11-17(18-3-2-10-30-18)25-22(19)29-26-12)21(28)24-15-8-6-14(7-9-15)23-20(27)13-4-5-13/h2-3,6-11,13H,4-5H2,1H3,(H,23,27)(H,24,28). The maximum absolute atomic E-state index is 13.1. The minimum absolute atomic E-state index is 0.0509. The normalized spacial score (nSPS) is 13.4. The van der Waals surface area contributed by atoms with Gasteiger partial charge in [-0.3, -0.25) is 9.59 Å². The van der Waals surface area contributed by atoms with Crippen molar-refractivity contribution in [3.05, 3.63) is 59.1 Å². The molecule has 7 nitrogen and oxygen atoms in total. The molecule has 0 atom stereocenters. The van der Waals surface area contributed by atoms with Gasteiger partial charge < -0.3 is 15.2 Å². The van der Waals surface area contributed by atoms with Crippen molar-refractivity contribution in [2.24, 2.45) is 5.92 Å². The van der Waals surface area contributed by atoms with Gasteiger partial charge in [0, 0.05) is 17.3 Å². The highest BCUT2D eigenvalue weighted by Crippen LogP contribution is 2.31. The molecule has 3 heterocycles. The van der Waals surface area contributed by atoms with Gasteiger partial charge in [0.05, 0.1) is 27.2 Å². The van der Waals surface area contributed by atoms with Crippen LogP contribution in [0.25, 0.3) is 21.7 Å². The number of rotatable bonds is 5. The number of thiophene rings is 1. The van der Waals surface area contributed by atoms with Crippen LogP contribution in [0, 0.1) is 12.8 Å². The van der Waals surface area contributed by atoms with E-state index >= 15 is 0 Å². The maximum Gasteiger partial charge on any atom is 0.259 e. The molecule has 0 unspecified atom stereocenters. The number of pyridine rings is 1. The highest BCUT2D eigenvalue weighted by molar-refractivity contribution is 7.13. The number of anilines is 2. The molecule has 1 fully saturated rings. The van der Waals surface area contributed by atoms with Gasteiger partial charge in [-0.2, -0.15) is 0 Å².